The van der Waals surface area contributed by atoms with E-state index in [0.717, 1.165) is 30.9 Å². The maximum Gasteiger partial charge on any atom is 0.307 e. The molecular weight excluding hydrogens is 264 g/mol. The highest BCUT2D eigenvalue weighted by Crippen LogP contribution is 2.55. The Hall–Kier alpha value is -2.20. The van der Waals surface area contributed by atoms with Crippen LogP contribution in [0.5, 0.6) is 0 Å². The molecule has 3 atom stereocenters. The van der Waals surface area contributed by atoms with E-state index in [4.69, 9.17) is 10.00 Å². The minimum Gasteiger partial charge on any atom is -0.432 e. The molecule has 3 aliphatic rings. The number of ether oxygens (including phenoxy) is 2. The molecule has 1 aliphatic carbocycles. The Labute approximate surface area is 114 Å². The molecule has 20 heavy (non-hydrogen) atoms. The molecule has 3 rings (SSSR count). The third kappa shape index (κ3) is 1.45. The van der Waals surface area contributed by atoms with Gasteiger partial charge in [0.1, 0.15) is 18.2 Å². The molecule has 0 aromatic rings. The Balaban J connectivity index is 1.93. The van der Waals surface area contributed by atoms with Gasteiger partial charge in [0.05, 0.1) is 6.10 Å². The van der Waals surface area contributed by atoms with Gasteiger partial charge in [-0.25, -0.2) is 4.90 Å². The fourth-order valence-electron chi connectivity index (χ4n) is 3.22. The third-order valence-corrected chi connectivity index (χ3v) is 4.02. The van der Waals surface area contributed by atoms with Gasteiger partial charge in [0.15, 0.2) is 11.3 Å². The molecule has 0 aromatic carbocycles. The number of hydrogen-bond donors (Lipinski definition) is 0. The van der Waals surface area contributed by atoms with Gasteiger partial charge in [-0.05, 0) is 19.3 Å². The monoisotopic (exact) mass is 276 g/mol. The topological polar surface area (TPSA) is 96.7 Å². The zero-order valence-corrected chi connectivity index (χ0v) is 10.8. The van der Waals surface area contributed by atoms with Crippen LogP contribution in [0.3, 0.4) is 0 Å². The van der Waals surface area contributed by atoms with Crippen molar-refractivity contribution in [3.63, 3.8) is 0 Å². The average molecular weight is 276 g/mol. The summed E-state index contributed by atoms with van der Waals surface area (Å²) in [6.45, 7) is 1.16. The lowest BCUT2D eigenvalue weighted by atomic mass is 9.69. The maximum atomic E-state index is 12.4. The molecule has 3 fully saturated rings. The molecule has 0 radical (unpaired) electrons. The zero-order valence-electron chi connectivity index (χ0n) is 10.8. The lowest BCUT2D eigenvalue weighted by molar-refractivity contribution is -0.254. The van der Waals surface area contributed by atoms with Gasteiger partial charge in [-0.15, -0.1) is 0 Å². The minimum absolute atomic E-state index is 0.237. The molecule has 2 heterocycles. The van der Waals surface area contributed by atoms with Crippen molar-refractivity contribution >= 4 is 17.8 Å². The molecule has 104 valence electrons. The van der Waals surface area contributed by atoms with Crippen LogP contribution in [-0.4, -0.2) is 34.4 Å². The number of carbonyl (C=O) groups excluding carboxylic acids is 3. The standard InChI is InChI=1S/C13H12N2O5/c1-7(16)19-6-8(5-14)15-11(17)10-9-3-2-4-13(10,20-9)12(15)18/h6,9-10H,2-4H2,1H3/b8-6+. The Morgan fingerprint density at radius 1 is 1.60 bits per heavy atom. The molecule has 7 heteroatoms. The van der Waals surface area contributed by atoms with Gasteiger partial charge in [0.2, 0.25) is 5.91 Å². The van der Waals surface area contributed by atoms with E-state index in [2.05, 4.69) is 4.74 Å². The minimum atomic E-state index is -1.09. The summed E-state index contributed by atoms with van der Waals surface area (Å²) in [7, 11) is 0. The number of carbonyl (C=O) groups is 3. The van der Waals surface area contributed by atoms with Crippen molar-refractivity contribution in [3.8, 4) is 6.07 Å². The second-order valence-electron chi connectivity index (χ2n) is 5.12. The van der Waals surface area contributed by atoms with Crippen LogP contribution in [0, 0.1) is 17.2 Å². The third-order valence-electron chi connectivity index (χ3n) is 4.02. The number of allylic oxidation sites excluding steroid dienone is 1. The van der Waals surface area contributed by atoms with Gasteiger partial charge >= 0.3 is 5.97 Å². The van der Waals surface area contributed by atoms with Crippen LogP contribution in [0.15, 0.2) is 12.0 Å². The van der Waals surface area contributed by atoms with Crippen molar-refractivity contribution in [2.75, 3.05) is 0 Å². The lowest BCUT2D eigenvalue weighted by Crippen LogP contribution is -2.64. The summed E-state index contributed by atoms with van der Waals surface area (Å²) in [6, 6.07) is 1.72. The van der Waals surface area contributed by atoms with Gasteiger partial charge in [-0.2, -0.15) is 5.26 Å². The van der Waals surface area contributed by atoms with Crippen molar-refractivity contribution in [1.82, 2.24) is 4.90 Å². The van der Waals surface area contributed by atoms with Crippen LogP contribution in [0.4, 0.5) is 0 Å². The quantitative estimate of drug-likeness (QED) is 0.310. The second kappa shape index (κ2) is 4.15. The van der Waals surface area contributed by atoms with Crippen LogP contribution in [0.1, 0.15) is 26.2 Å². The zero-order chi connectivity index (χ0) is 14.5. The molecule has 0 aromatic heterocycles. The smallest absolute Gasteiger partial charge is 0.307 e. The molecule has 0 N–H and O–H groups in total. The van der Waals surface area contributed by atoms with E-state index in [0.29, 0.717) is 6.42 Å². The lowest BCUT2D eigenvalue weighted by Gasteiger charge is -2.51. The number of hydrogen-bond acceptors (Lipinski definition) is 6. The fourth-order valence-corrected chi connectivity index (χ4v) is 3.22. The Bertz CT molecular complexity index is 586. The summed E-state index contributed by atoms with van der Waals surface area (Å²) in [5, 5.41) is 9.07. The number of nitriles is 1. The number of rotatable bonds is 2. The Kier molecular flexibility index (Phi) is 2.66. The van der Waals surface area contributed by atoms with Gasteiger partial charge in [-0.3, -0.25) is 14.4 Å². The van der Waals surface area contributed by atoms with Crippen molar-refractivity contribution in [1.29, 1.82) is 5.26 Å². The number of amides is 2. The fraction of sp³-hybridized carbons (Fsp3) is 0.538. The Morgan fingerprint density at radius 2 is 2.35 bits per heavy atom. The molecule has 1 saturated carbocycles. The number of likely N-dealkylation sites (tertiary alicyclic amines) is 1. The van der Waals surface area contributed by atoms with Crippen molar-refractivity contribution < 1.29 is 23.9 Å². The Morgan fingerprint density at radius 3 is 2.90 bits per heavy atom. The molecular formula is C13H12N2O5. The molecule has 2 bridgehead atoms. The van der Waals surface area contributed by atoms with Gasteiger partial charge in [0, 0.05) is 6.92 Å². The van der Waals surface area contributed by atoms with Crippen molar-refractivity contribution in [3.05, 3.63) is 12.0 Å². The molecule has 3 unspecified atom stereocenters. The van der Waals surface area contributed by atoms with Crippen LogP contribution < -0.4 is 0 Å². The molecule has 2 saturated heterocycles. The van der Waals surface area contributed by atoms with E-state index in [9.17, 15) is 14.4 Å². The first-order valence-electron chi connectivity index (χ1n) is 6.35. The van der Waals surface area contributed by atoms with Crippen molar-refractivity contribution in [2.24, 2.45) is 5.92 Å². The second-order valence-corrected chi connectivity index (χ2v) is 5.12. The van der Waals surface area contributed by atoms with E-state index in [1.54, 1.807) is 6.07 Å². The number of nitrogens with zero attached hydrogens (tertiary/aromatic N) is 2. The summed E-state index contributed by atoms with van der Waals surface area (Å²) in [5.41, 5.74) is -1.38. The first kappa shape index (κ1) is 12.8. The number of esters is 1. The van der Waals surface area contributed by atoms with E-state index in [1.165, 1.54) is 0 Å². The van der Waals surface area contributed by atoms with Crippen LogP contribution in [-0.2, 0) is 23.9 Å². The van der Waals surface area contributed by atoms with Gasteiger partial charge in [0.25, 0.3) is 5.91 Å². The first-order chi connectivity index (χ1) is 9.51. The van der Waals surface area contributed by atoms with Crippen LogP contribution in [0.2, 0.25) is 0 Å². The summed E-state index contributed by atoms with van der Waals surface area (Å²) in [6.07, 6.45) is 2.66. The van der Waals surface area contributed by atoms with E-state index >= 15 is 0 Å². The number of imide groups is 1. The van der Waals surface area contributed by atoms with Crippen molar-refractivity contribution in [2.45, 2.75) is 37.9 Å². The maximum absolute atomic E-state index is 12.4. The van der Waals surface area contributed by atoms with E-state index in [-0.39, 0.29) is 11.8 Å². The average Bonchev–Trinajstić information content (AvgIpc) is 2.58. The predicted molar refractivity (Wildman–Crippen MR) is 62.3 cm³/mol. The molecule has 7 nitrogen and oxygen atoms in total. The normalized spacial score (nSPS) is 35.2. The molecule has 0 spiro atoms. The van der Waals surface area contributed by atoms with Crippen LogP contribution >= 0.6 is 0 Å². The molecule has 2 amide bonds. The summed E-state index contributed by atoms with van der Waals surface area (Å²) < 4.78 is 10.2. The van der Waals surface area contributed by atoms with E-state index < -0.39 is 29.3 Å². The summed E-state index contributed by atoms with van der Waals surface area (Å²) in [5.74, 6) is -2.10. The highest BCUT2D eigenvalue weighted by atomic mass is 16.6. The summed E-state index contributed by atoms with van der Waals surface area (Å²) in [4.78, 5) is 36.3. The predicted octanol–water partition coefficient (Wildman–Crippen LogP) is 0.221. The van der Waals surface area contributed by atoms with Gasteiger partial charge in [-0.1, -0.05) is 0 Å². The highest BCUT2D eigenvalue weighted by molar-refractivity contribution is 6.12. The van der Waals surface area contributed by atoms with E-state index in [1.807, 2.05) is 0 Å². The van der Waals surface area contributed by atoms with Gasteiger partial charge < -0.3 is 9.47 Å². The summed E-state index contributed by atoms with van der Waals surface area (Å²) >= 11 is 0. The van der Waals surface area contributed by atoms with Crippen LogP contribution in [0.25, 0.3) is 0 Å². The highest BCUT2D eigenvalue weighted by Gasteiger charge is 2.72. The first-order valence-corrected chi connectivity index (χ1v) is 6.35. The molecule has 2 aliphatic heterocycles. The SMILES string of the molecule is CC(=O)O/C=C(\C#N)N1C(=O)C2C3CCCC2(O3)C1=O. The largest absolute Gasteiger partial charge is 0.432 e.